The smallest absolute Gasteiger partial charge is 0.122 e. The molecule has 1 unspecified atom stereocenters. The van der Waals surface area contributed by atoms with Crippen LogP contribution < -0.4 is 10.1 Å². The Morgan fingerprint density at radius 3 is 2.73 bits per heavy atom. The van der Waals surface area contributed by atoms with Crippen LogP contribution in [0.3, 0.4) is 0 Å². The van der Waals surface area contributed by atoms with Gasteiger partial charge in [0.25, 0.3) is 0 Å². The SMILES string of the molecule is CCNC(C)CCOc1ccccc1C. The lowest BCUT2D eigenvalue weighted by atomic mass is 10.2. The molecule has 84 valence electrons. The predicted octanol–water partition coefficient (Wildman–Crippen LogP) is 2.76. The Kier molecular flexibility index (Phi) is 5.19. The summed E-state index contributed by atoms with van der Waals surface area (Å²) in [6.07, 6.45) is 1.04. The van der Waals surface area contributed by atoms with Crippen LogP contribution in [0.4, 0.5) is 0 Å². The molecule has 1 rings (SSSR count). The average Bonchev–Trinajstić information content (AvgIpc) is 2.21. The van der Waals surface area contributed by atoms with Gasteiger partial charge in [-0.2, -0.15) is 0 Å². The second kappa shape index (κ2) is 6.46. The van der Waals surface area contributed by atoms with Crippen molar-refractivity contribution in [3.8, 4) is 5.75 Å². The number of hydrogen-bond donors (Lipinski definition) is 1. The van der Waals surface area contributed by atoms with Crippen LogP contribution in [0, 0.1) is 6.92 Å². The molecule has 0 aliphatic carbocycles. The topological polar surface area (TPSA) is 21.3 Å². The zero-order chi connectivity index (χ0) is 11.1. The van der Waals surface area contributed by atoms with Crippen molar-refractivity contribution in [2.24, 2.45) is 0 Å². The van der Waals surface area contributed by atoms with Crippen LogP contribution in [0.25, 0.3) is 0 Å². The van der Waals surface area contributed by atoms with Crippen molar-refractivity contribution in [1.82, 2.24) is 5.32 Å². The molecule has 1 atom stereocenters. The van der Waals surface area contributed by atoms with Crippen molar-refractivity contribution in [3.63, 3.8) is 0 Å². The zero-order valence-electron chi connectivity index (χ0n) is 9.92. The first-order valence-corrected chi connectivity index (χ1v) is 5.66. The van der Waals surface area contributed by atoms with Crippen molar-refractivity contribution in [2.45, 2.75) is 33.2 Å². The molecular weight excluding hydrogens is 186 g/mol. The second-order valence-electron chi connectivity index (χ2n) is 3.86. The fourth-order valence-electron chi connectivity index (χ4n) is 1.51. The molecule has 0 heterocycles. The number of benzene rings is 1. The van der Waals surface area contributed by atoms with E-state index < -0.39 is 0 Å². The van der Waals surface area contributed by atoms with Gasteiger partial charge in [-0.05, 0) is 38.4 Å². The normalized spacial score (nSPS) is 12.5. The third-order valence-electron chi connectivity index (χ3n) is 2.45. The van der Waals surface area contributed by atoms with E-state index in [1.165, 1.54) is 5.56 Å². The summed E-state index contributed by atoms with van der Waals surface area (Å²) in [5.41, 5.74) is 1.20. The number of nitrogens with one attached hydrogen (secondary N) is 1. The Balaban J connectivity index is 2.29. The van der Waals surface area contributed by atoms with Gasteiger partial charge in [-0.3, -0.25) is 0 Å². The molecule has 0 aliphatic heterocycles. The summed E-state index contributed by atoms with van der Waals surface area (Å²) in [6, 6.07) is 8.66. The largest absolute Gasteiger partial charge is 0.493 e. The van der Waals surface area contributed by atoms with Gasteiger partial charge in [0.1, 0.15) is 5.75 Å². The molecule has 1 aromatic carbocycles. The van der Waals surface area contributed by atoms with E-state index in [9.17, 15) is 0 Å². The van der Waals surface area contributed by atoms with Crippen LogP contribution in [0.15, 0.2) is 24.3 Å². The Hall–Kier alpha value is -1.02. The number of rotatable bonds is 6. The van der Waals surface area contributed by atoms with E-state index in [1.807, 2.05) is 18.2 Å². The fourth-order valence-corrected chi connectivity index (χ4v) is 1.51. The highest BCUT2D eigenvalue weighted by Gasteiger charge is 2.01. The molecule has 0 bridgehead atoms. The summed E-state index contributed by atoms with van der Waals surface area (Å²) in [7, 11) is 0. The minimum absolute atomic E-state index is 0.527. The highest BCUT2D eigenvalue weighted by molar-refractivity contribution is 5.31. The maximum Gasteiger partial charge on any atom is 0.122 e. The van der Waals surface area contributed by atoms with Crippen molar-refractivity contribution in [2.75, 3.05) is 13.2 Å². The van der Waals surface area contributed by atoms with Gasteiger partial charge in [0.2, 0.25) is 0 Å². The molecule has 0 fully saturated rings. The summed E-state index contributed by atoms with van der Waals surface area (Å²) in [5.74, 6) is 1.00. The highest BCUT2D eigenvalue weighted by Crippen LogP contribution is 2.16. The minimum atomic E-state index is 0.527. The van der Waals surface area contributed by atoms with Gasteiger partial charge in [-0.1, -0.05) is 25.1 Å². The molecule has 0 saturated carbocycles. The maximum atomic E-state index is 5.71. The zero-order valence-corrected chi connectivity index (χ0v) is 9.92. The molecule has 2 heteroatoms. The van der Waals surface area contributed by atoms with Crippen LogP contribution in [0.5, 0.6) is 5.75 Å². The van der Waals surface area contributed by atoms with Crippen LogP contribution in [-0.2, 0) is 0 Å². The molecule has 2 nitrogen and oxygen atoms in total. The van der Waals surface area contributed by atoms with Gasteiger partial charge in [-0.15, -0.1) is 0 Å². The molecule has 0 radical (unpaired) electrons. The summed E-state index contributed by atoms with van der Waals surface area (Å²) in [6.45, 7) is 8.18. The standard InChI is InChI=1S/C13H21NO/c1-4-14-12(3)9-10-15-13-8-6-5-7-11(13)2/h5-8,12,14H,4,9-10H2,1-3H3. The van der Waals surface area contributed by atoms with Gasteiger partial charge in [-0.25, -0.2) is 0 Å². The average molecular weight is 207 g/mol. The summed E-state index contributed by atoms with van der Waals surface area (Å²) in [5, 5.41) is 3.37. The van der Waals surface area contributed by atoms with Crippen molar-refractivity contribution < 1.29 is 4.74 Å². The number of hydrogen-bond acceptors (Lipinski definition) is 2. The van der Waals surface area contributed by atoms with E-state index in [0.717, 1.165) is 25.3 Å². The Morgan fingerprint density at radius 1 is 1.33 bits per heavy atom. The van der Waals surface area contributed by atoms with Crippen molar-refractivity contribution in [1.29, 1.82) is 0 Å². The summed E-state index contributed by atoms with van der Waals surface area (Å²) < 4.78 is 5.71. The quantitative estimate of drug-likeness (QED) is 0.774. The molecule has 15 heavy (non-hydrogen) atoms. The van der Waals surface area contributed by atoms with E-state index in [1.54, 1.807) is 0 Å². The molecule has 0 amide bonds. The van der Waals surface area contributed by atoms with E-state index >= 15 is 0 Å². The van der Waals surface area contributed by atoms with Crippen LogP contribution in [-0.4, -0.2) is 19.2 Å². The highest BCUT2D eigenvalue weighted by atomic mass is 16.5. The third-order valence-corrected chi connectivity index (χ3v) is 2.45. The Morgan fingerprint density at radius 2 is 2.07 bits per heavy atom. The van der Waals surface area contributed by atoms with Gasteiger partial charge in [0.15, 0.2) is 0 Å². The lowest BCUT2D eigenvalue weighted by Crippen LogP contribution is -2.27. The molecule has 0 saturated heterocycles. The van der Waals surface area contributed by atoms with E-state index in [2.05, 4.69) is 32.2 Å². The monoisotopic (exact) mass is 207 g/mol. The van der Waals surface area contributed by atoms with Gasteiger partial charge in [0, 0.05) is 6.04 Å². The Labute approximate surface area is 92.6 Å². The van der Waals surface area contributed by atoms with E-state index in [0.29, 0.717) is 6.04 Å². The van der Waals surface area contributed by atoms with Crippen molar-refractivity contribution in [3.05, 3.63) is 29.8 Å². The molecule has 0 aromatic heterocycles. The van der Waals surface area contributed by atoms with Crippen LogP contribution in [0.1, 0.15) is 25.8 Å². The number of ether oxygens (including phenoxy) is 1. The third kappa shape index (κ3) is 4.34. The molecule has 0 aliphatic rings. The van der Waals surface area contributed by atoms with Crippen molar-refractivity contribution >= 4 is 0 Å². The molecule has 1 N–H and O–H groups in total. The lowest BCUT2D eigenvalue weighted by Gasteiger charge is -2.13. The summed E-state index contributed by atoms with van der Waals surface area (Å²) >= 11 is 0. The first kappa shape index (κ1) is 12.1. The van der Waals surface area contributed by atoms with Crippen LogP contribution in [0.2, 0.25) is 0 Å². The molecular formula is C13H21NO. The molecule has 0 spiro atoms. The summed E-state index contributed by atoms with van der Waals surface area (Å²) in [4.78, 5) is 0. The number of para-hydroxylation sites is 1. The van der Waals surface area contributed by atoms with E-state index in [-0.39, 0.29) is 0 Å². The van der Waals surface area contributed by atoms with E-state index in [4.69, 9.17) is 4.74 Å². The second-order valence-corrected chi connectivity index (χ2v) is 3.86. The van der Waals surface area contributed by atoms with Gasteiger partial charge >= 0.3 is 0 Å². The van der Waals surface area contributed by atoms with Gasteiger partial charge in [0.05, 0.1) is 6.61 Å². The lowest BCUT2D eigenvalue weighted by molar-refractivity contribution is 0.289. The van der Waals surface area contributed by atoms with Crippen LogP contribution >= 0.6 is 0 Å². The fraction of sp³-hybridized carbons (Fsp3) is 0.538. The minimum Gasteiger partial charge on any atom is -0.493 e. The molecule has 1 aromatic rings. The Bertz CT molecular complexity index is 286. The number of aryl methyl sites for hydroxylation is 1. The maximum absolute atomic E-state index is 5.71. The first-order chi connectivity index (χ1) is 7.24. The first-order valence-electron chi connectivity index (χ1n) is 5.66. The predicted molar refractivity (Wildman–Crippen MR) is 64.4 cm³/mol. The van der Waals surface area contributed by atoms with Gasteiger partial charge < -0.3 is 10.1 Å².